The van der Waals surface area contributed by atoms with Crippen LogP contribution in [-0.4, -0.2) is 24.7 Å². The van der Waals surface area contributed by atoms with Gasteiger partial charge >= 0.3 is 0 Å². The lowest BCUT2D eigenvalue weighted by molar-refractivity contribution is 0.489. The average molecular weight is 429 g/mol. The SMILES string of the molecule is Cc1sc2nc(C(C)Sc3nnc(-c4ccco4)n3CC(C)C)nc(N)c2c1C. The molecule has 0 fully saturated rings. The Morgan fingerprint density at radius 3 is 2.69 bits per heavy atom. The molecule has 0 saturated carbocycles. The molecular formula is C20H24N6OS2. The lowest BCUT2D eigenvalue weighted by Gasteiger charge is -2.14. The minimum atomic E-state index is -0.0241. The van der Waals surface area contributed by atoms with E-state index in [9.17, 15) is 0 Å². The smallest absolute Gasteiger partial charge is 0.200 e. The first-order valence-electron chi connectivity index (χ1n) is 9.52. The van der Waals surface area contributed by atoms with Crippen molar-refractivity contribution < 1.29 is 4.42 Å². The van der Waals surface area contributed by atoms with Crippen molar-refractivity contribution in [2.45, 2.75) is 51.6 Å². The molecule has 152 valence electrons. The highest BCUT2D eigenvalue weighted by atomic mass is 32.2. The number of nitrogens with zero attached hydrogens (tertiary/aromatic N) is 5. The predicted octanol–water partition coefficient (Wildman–Crippen LogP) is 5.25. The molecular weight excluding hydrogens is 404 g/mol. The molecule has 9 heteroatoms. The Labute approximate surface area is 177 Å². The van der Waals surface area contributed by atoms with Crippen molar-refractivity contribution in [3.8, 4) is 11.6 Å². The van der Waals surface area contributed by atoms with E-state index in [4.69, 9.17) is 15.1 Å². The van der Waals surface area contributed by atoms with E-state index >= 15 is 0 Å². The van der Waals surface area contributed by atoms with Gasteiger partial charge in [-0.25, -0.2) is 9.97 Å². The Hall–Kier alpha value is -2.39. The van der Waals surface area contributed by atoms with Gasteiger partial charge in [0.05, 0.1) is 16.9 Å². The highest BCUT2D eigenvalue weighted by molar-refractivity contribution is 7.99. The van der Waals surface area contributed by atoms with E-state index in [2.05, 4.69) is 54.4 Å². The summed E-state index contributed by atoms with van der Waals surface area (Å²) >= 11 is 3.24. The van der Waals surface area contributed by atoms with Crippen LogP contribution in [0.1, 0.15) is 42.3 Å². The summed E-state index contributed by atoms with van der Waals surface area (Å²) < 4.78 is 7.65. The molecule has 29 heavy (non-hydrogen) atoms. The second-order valence-corrected chi connectivity index (χ2v) is 9.99. The molecule has 0 aliphatic rings. The number of aryl methyl sites for hydroxylation is 2. The van der Waals surface area contributed by atoms with Crippen LogP contribution < -0.4 is 5.73 Å². The maximum absolute atomic E-state index is 6.27. The van der Waals surface area contributed by atoms with E-state index < -0.39 is 0 Å². The summed E-state index contributed by atoms with van der Waals surface area (Å²) in [6.45, 7) is 11.4. The van der Waals surface area contributed by atoms with Crippen molar-refractivity contribution in [1.82, 2.24) is 24.7 Å². The molecule has 1 unspecified atom stereocenters. The largest absolute Gasteiger partial charge is 0.461 e. The summed E-state index contributed by atoms with van der Waals surface area (Å²) in [6, 6.07) is 3.76. The zero-order chi connectivity index (χ0) is 20.7. The van der Waals surface area contributed by atoms with Crippen molar-refractivity contribution in [2.75, 3.05) is 5.73 Å². The van der Waals surface area contributed by atoms with E-state index in [1.165, 1.54) is 4.88 Å². The third-order valence-corrected chi connectivity index (χ3v) is 6.90. The van der Waals surface area contributed by atoms with Crippen LogP contribution in [0.2, 0.25) is 0 Å². The van der Waals surface area contributed by atoms with Gasteiger partial charge in [-0.15, -0.1) is 21.5 Å². The number of fused-ring (bicyclic) bond motifs is 1. The summed E-state index contributed by atoms with van der Waals surface area (Å²) in [5, 5.41) is 10.6. The molecule has 4 rings (SSSR count). The molecule has 0 aromatic carbocycles. The van der Waals surface area contributed by atoms with Crippen molar-refractivity contribution in [1.29, 1.82) is 0 Å². The Kier molecular flexibility index (Phi) is 5.35. The number of anilines is 1. The summed E-state index contributed by atoms with van der Waals surface area (Å²) in [7, 11) is 0. The normalized spacial score (nSPS) is 12.9. The maximum Gasteiger partial charge on any atom is 0.200 e. The molecule has 4 aromatic heterocycles. The third-order valence-electron chi connectivity index (χ3n) is 4.73. The first-order valence-corrected chi connectivity index (χ1v) is 11.2. The Morgan fingerprint density at radius 2 is 2.00 bits per heavy atom. The number of furan rings is 1. The minimum Gasteiger partial charge on any atom is -0.461 e. The zero-order valence-electron chi connectivity index (χ0n) is 17.1. The summed E-state index contributed by atoms with van der Waals surface area (Å²) in [4.78, 5) is 11.5. The van der Waals surface area contributed by atoms with Gasteiger partial charge < -0.3 is 10.2 Å². The Bertz CT molecular complexity index is 1150. The highest BCUT2D eigenvalue weighted by Crippen LogP contribution is 2.38. The van der Waals surface area contributed by atoms with Crippen LogP contribution in [0.15, 0.2) is 28.0 Å². The molecule has 0 amide bonds. The van der Waals surface area contributed by atoms with Crippen molar-refractivity contribution in [2.24, 2.45) is 5.92 Å². The molecule has 0 spiro atoms. The van der Waals surface area contributed by atoms with Crippen LogP contribution in [0.4, 0.5) is 5.82 Å². The van der Waals surface area contributed by atoms with Gasteiger partial charge in [-0.05, 0) is 44.4 Å². The summed E-state index contributed by atoms with van der Waals surface area (Å²) in [5.41, 5.74) is 7.43. The van der Waals surface area contributed by atoms with Crippen LogP contribution in [0.3, 0.4) is 0 Å². The number of hydrogen-bond donors (Lipinski definition) is 1. The molecule has 0 aliphatic heterocycles. The van der Waals surface area contributed by atoms with Gasteiger partial charge in [0, 0.05) is 11.4 Å². The van der Waals surface area contributed by atoms with Gasteiger partial charge in [-0.2, -0.15) is 0 Å². The number of hydrogen-bond acceptors (Lipinski definition) is 8. The van der Waals surface area contributed by atoms with Gasteiger partial charge in [0.15, 0.2) is 16.7 Å². The van der Waals surface area contributed by atoms with Gasteiger partial charge in [-0.3, -0.25) is 4.57 Å². The van der Waals surface area contributed by atoms with Gasteiger partial charge in [-0.1, -0.05) is 25.6 Å². The Morgan fingerprint density at radius 1 is 1.21 bits per heavy atom. The predicted molar refractivity (Wildman–Crippen MR) is 118 cm³/mol. The fourth-order valence-electron chi connectivity index (χ4n) is 3.18. The number of nitrogen functional groups attached to an aromatic ring is 1. The summed E-state index contributed by atoms with van der Waals surface area (Å²) in [5.74, 6) is 3.14. The van der Waals surface area contributed by atoms with Gasteiger partial charge in [0.1, 0.15) is 16.5 Å². The van der Waals surface area contributed by atoms with Crippen molar-refractivity contribution in [3.05, 3.63) is 34.7 Å². The van der Waals surface area contributed by atoms with Crippen molar-refractivity contribution in [3.63, 3.8) is 0 Å². The standard InChI is InChI=1S/C20H24N6OS2/c1-10(2)9-26-18(14-7-6-8-27-14)24-25-20(26)29-13(5)17-22-16(21)15-11(3)12(4)28-19(15)23-17/h6-8,10,13H,9H2,1-5H3,(H2,21,22,23). The number of thioether (sulfide) groups is 1. The van der Waals surface area contributed by atoms with Crippen LogP contribution in [0.25, 0.3) is 21.8 Å². The van der Waals surface area contributed by atoms with E-state index in [0.29, 0.717) is 23.3 Å². The molecule has 0 aliphatic carbocycles. The molecule has 0 radical (unpaired) electrons. The van der Waals surface area contributed by atoms with E-state index in [1.807, 2.05) is 12.1 Å². The minimum absolute atomic E-state index is 0.0241. The maximum atomic E-state index is 6.27. The second kappa shape index (κ2) is 7.79. The lowest BCUT2D eigenvalue weighted by Crippen LogP contribution is -2.09. The molecule has 0 bridgehead atoms. The molecule has 1 atom stereocenters. The van der Waals surface area contributed by atoms with Crippen LogP contribution in [0.5, 0.6) is 0 Å². The monoisotopic (exact) mass is 428 g/mol. The topological polar surface area (TPSA) is 95.6 Å². The van der Waals surface area contributed by atoms with E-state index in [-0.39, 0.29) is 5.25 Å². The van der Waals surface area contributed by atoms with Crippen molar-refractivity contribution >= 4 is 39.1 Å². The molecule has 2 N–H and O–H groups in total. The fourth-order valence-corrected chi connectivity index (χ4v) is 5.13. The molecule has 7 nitrogen and oxygen atoms in total. The molecule has 0 saturated heterocycles. The first kappa shape index (κ1) is 19.9. The second-order valence-electron chi connectivity index (χ2n) is 7.48. The zero-order valence-corrected chi connectivity index (χ0v) is 18.8. The van der Waals surface area contributed by atoms with Crippen LogP contribution >= 0.6 is 23.1 Å². The van der Waals surface area contributed by atoms with Crippen LogP contribution in [-0.2, 0) is 6.54 Å². The fraction of sp³-hybridized carbons (Fsp3) is 0.400. The lowest BCUT2D eigenvalue weighted by atomic mass is 10.2. The number of thiophene rings is 1. The van der Waals surface area contributed by atoms with E-state index in [0.717, 1.165) is 33.3 Å². The number of aromatic nitrogens is 5. The number of rotatable bonds is 6. The first-order chi connectivity index (χ1) is 13.8. The van der Waals surface area contributed by atoms with E-state index in [1.54, 1.807) is 29.4 Å². The van der Waals surface area contributed by atoms with Gasteiger partial charge in [0.2, 0.25) is 0 Å². The highest BCUT2D eigenvalue weighted by Gasteiger charge is 2.22. The Balaban J connectivity index is 1.68. The number of nitrogens with two attached hydrogens (primary N) is 1. The van der Waals surface area contributed by atoms with Crippen LogP contribution in [0, 0.1) is 19.8 Å². The average Bonchev–Trinajstić information content (AvgIpc) is 3.36. The quantitative estimate of drug-likeness (QED) is 0.419. The molecule has 4 heterocycles. The third kappa shape index (κ3) is 3.76. The summed E-state index contributed by atoms with van der Waals surface area (Å²) in [6.07, 6.45) is 1.65. The molecule has 4 aromatic rings. The van der Waals surface area contributed by atoms with Gasteiger partial charge in [0.25, 0.3) is 0 Å².